The molecule has 1 atom stereocenters. The van der Waals surface area contributed by atoms with Crippen molar-refractivity contribution in [1.82, 2.24) is 20.1 Å². The van der Waals surface area contributed by atoms with Crippen LogP contribution in [0, 0.1) is 13.8 Å². The van der Waals surface area contributed by atoms with Crippen molar-refractivity contribution in [1.29, 1.82) is 0 Å². The number of carbonyl (C=O) groups is 1. The summed E-state index contributed by atoms with van der Waals surface area (Å²) in [6.45, 7) is 4.89. The summed E-state index contributed by atoms with van der Waals surface area (Å²) in [7, 11) is 0. The molecule has 3 heterocycles. The van der Waals surface area contributed by atoms with Crippen LogP contribution in [0.15, 0.2) is 24.5 Å². The van der Waals surface area contributed by atoms with Crippen LogP contribution in [0.4, 0.5) is 0 Å². The molecule has 2 aromatic heterocycles. The molecule has 1 aliphatic heterocycles. The molecule has 3 rings (SSSR count). The Labute approximate surface area is 137 Å². The van der Waals surface area contributed by atoms with E-state index in [0.29, 0.717) is 6.42 Å². The second-order valence-electron chi connectivity index (χ2n) is 6.34. The molecule has 2 aromatic rings. The number of aryl methyl sites for hydroxylation is 2. The predicted molar refractivity (Wildman–Crippen MR) is 88.9 cm³/mol. The average molecular weight is 312 g/mol. The number of pyridine rings is 1. The van der Waals surface area contributed by atoms with E-state index in [-0.39, 0.29) is 11.9 Å². The maximum absolute atomic E-state index is 12.9. The highest BCUT2D eigenvalue weighted by Gasteiger charge is 2.29. The van der Waals surface area contributed by atoms with E-state index < -0.39 is 0 Å². The highest BCUT2D eigenvalue weighted by molar-refractivity contribution is 5.79. The third-order valence-electron chi connectivity index (χ3n) is 4.67. The quantitative estimate of drug-likeness (QED) is 0.947. The van der Waals surface area contributed by atoms with Gasteiger partial charge in [-0.2, -0.15) is 5.10 Å². The lowest BCUT2D eigenvalue weighted by molar-refractivity contribution is -0.132. The number of hydrogen-bond donors (Lipinski definition) is 1. The van der Waals surface area contributed by atoms with E-state index in [1.807, 2.05) is 26.0 Å². The zero-order valence-corrected chi connectivity index (χ0v) is 13.9. The van der Waals surface area contributed by atoms with Crippen LogP contribution in [0.25, 0.3) is 0 Å². The molecule has 0 saturated carbocycles. The minimum Gasteiger partial charge on any atom is -0.335 e. The summed E-state index contributed by atoms with van der Waals surface area (Å²) < 4.78 is 0. The highest BCUT2D eigenvalue weighted by atomic mass is 16.2. The van der Waals surface area contributed by atoms with Crippen molar-refractivity contribution in [3.05, 3.63) is 47.0 Å². The Morgan fingerprint density at radius 3 is 2.91 bits per heavy atom. The summed E-state index contributed by atoms with van der Waals surface area (Å²) in [5, 5.41) is 7.39. The first kappa shape index (κ1) is 15.7. The Bertz CT molecular complexity index is 645. The van der Waals surface area contributed by atoms with Crippen LogP contribution in [-0.2, 0) is 11.2 Å². The number of rotatable bonds is 3. The molecule has 122 valence electrons. The van der Waals surface area contributed by atoms with Crippen LogP contribution < -0.4 is 0 Å². The van der Waals surface area contributed by atoms with Crippen molar-refractivity contribution in [3.8, 4) is 0 Å². The van der Waals surface area contributed by atoms with Gasteiger partial charge in [-0.15, -0.1) is 0 Å². The molecule has 0 spiro atoms. The topological polar surface area (TPSA) is 61.9 Å². The Hall–Kier alpha value is -2.17. The average Bonchev–Trinajstić information content (AvgIpc) is 2.76. The molecule has 5 nitrogen and oxygen atoms in total. The van der Waals surface area contributed by atoms with Crippen LogP contribution in [0.2, 0.25) is 0 Å². The molecular weight excluding hydrogens is 288 g/mol. The van der Waals surface area contributed by atoms with Gasteiger partial charge in [0.05, 0.1) is 18.2 Å². The second-order valence-corrected chi connectivity index (χ2v) is 6.34. The van der Waals surface area contributed by atoms with Gasteiger partial charge in [-0.1, -0.05) is 18.9 Å². The summed E-state index contributed by atoms with van der Waals surface area (Å²) in [6.07, 6.45) is 8.36. The van der Waals surface area contributed by atoms with Gasteiger partial charge in [0.2, 0.25) is 5.91 Å². The number of aromatic nitrogens is 3. The number of amides is 1. The van der Waals surface area contributed by atoms with Crippen molar-refractivity contribution in [2.75, 3.05) is 6.54 Å². The number of carbonyl (C=O) groups excluding carboxylic acids is 1. The summed E-state index contributed by atoms with van der Waals surface area (Å²) >= 11 is 0. The lowest BCUT2D eigenvalue weighted by Gasteiger charge is -2.30. The Balaban J connectivity index is 1.85. The zero-order chi connectivity index (χ0) is 16.2. The Kier molecular flexibility index (Phi) is 4.74. The van der Waals surface area contributed by atoms with Crippen molar-refractivity contribution >= 4 is 5.91 Å². The summed E-state index contributed by atoms with van der Waals surface area (Å²) in [5.41, 5.74) is 4.26. The van der Waals surface area contributed by atoms with Gasteiger partial charge in [0.15, 0.2) is 0 Å². The number of aromatic amines is 1. The van der Waals surface area contributed by atoms with Crippen molar-refractivity contribution in [2.24, 2.45) is 0 Å². The molecule has 0 bridgehead atoms. The summed E-state index contributed by atoms with van der Waals surface area (Å²) in [6, 6.07) is 3.99. The molecule has 1 saturated heterocycles. The van der Waals surface area contributed by atoms with Crippen molar-refractivity contribution in [3.63, 3.8) is 0 Å². The number of nitrogens with one attached hydrogen (secondary N) is 1. The molecule has 0 aromatic carbocycles. The van der Waals surface area contributed by atoms with Crippen LogP contribution >= 0.6 is 0 Å². The number of nitrogens with zero attached hydrogens (tertiary/aromatic N) is 3. The summed E-state index contributed by atoms with van der Waals surface area (Å²) in [5.74, 6) is 0.185. The van der Waals surface area contributed by atoms with E-state index in [9.17, 15) is 4.79 Å². The molecular formula is C18H24N4O. The maximum atomic E-state index is 12.9. The highest BCUT2D eigenvalue weighted by Crippen LogP contribution is 2.33. The summed E-state index contributed by atoms with van der Waals surface area (Å²) in [4.78, 5) is 19.1. The molecule has 1 fully saturated rings. The molecule has 0 radical (unpaired) electrons. The smallest absolute Gasteiger partial charge is 0.227 e. The first-order valence-corrected chi connectivity index (χ1v) is 8.36. The predicted octanol–water partition coefficient (Wildman–Crippen LogP) is 3.11. The third-order valence-corrected chi connectivity index (χ3v) is 4.67. The van der Waals surface area contributed by atoms with Gasteiger partial charge in [0, 0.05) is 30.2 Å². The standard InChI is InChI=1S/C18H24N4O/c1-13-18(14(2)21-20-13)16-8-4-3-5-10-22(16)17(23)11-15-7-6-9-19-12-15/h6-7,9,12,16H,3-5,8,10-11H2,1-2H3,(H,20,21)/t16-/m0/s1. The van der Waals surface area contributed by atoms with Gasteiger partial charge in [-0.05, 0) is 38.3 Å². The van der Waals surface area contributed by atoms with Crippen molar-refractivity contribution < 1.29 is 4.79 Å². The fraction of sp³-hybridized carbons (Fsp3) is 0.500. The number of likely N-dealkylation sites (tertiary alicyclic amines) is 1. The first-order chi connectivity index (χ1) is 11.2. The lowest BCUT2D eigenvalue weighted by Crippen LogP contribution is -2.36. The van der Waals surface area contributed by atoms with E-state index >= 15 is 0 Å². The Morgan fingerprint density at radius 2 is 2.22 bits per heavy atom. The maximum Gasteiger partial charge on any atom is 0.227 e. The third kappa shape index (κ3) is 3.44. The number of hydrogen-bond acceptors (Lipinski definition) is 3. The van der Waals surface area contributed by atoms with Crippen LogP contribution in [0.3, 0.4) is 0 Å². The van der Waals surface area contributed by atoms with Crippen LogP contribution in [-0.4, -0.2) is 32.5 Å². The molecule has 23 heavy (non-hydrogen) atoms. The normalized spacial score (nSPS) is 18.7. The minimum atomic E-state index is 0.139. The van der Waals surface area contributed by atoms with Crippen LogP contribution in [0.5, 0.6) is 0 Å². The molecule has 1 aliphatic rings. The van der Waals surface area contributed by atoms with Gasteiger partial charge in [0.25, 0.3) is 0 Å². The fourth-order valence-electron chi connectivity index (χ4n) is 3.54. The van der Waals surface area contributed by atoms with E-state index in [1.165, 1.54) is 12.0 Å². The first-order valence-electron chi connectivity index (χ1n) is 8.36. The van der Waals surface area contributed by atoms with Crippen LogP contribution in [0.1, 0.15) is 54.2 Å². The molecule has 0 aliphatic carbocycles. The second kappa shape index (κ2) is 6.94. The van der Waals surface area contributed by atoms with Gasteiger partial charge in [-0.25, -0.2) is 0 Å². The number of H-pyrrole nitrogens is 1. The molecule has 1 N–H and O–H groups in total. The Morgan fingerprint density at radius 1 is 1.35 bits per heavy atom. The molecule has 0 unspecified atom stereocenters. The monoisotopic (exact) mass is 312 g/mol. The van der Waals surface area contributed by atoms with E-state index in [1.54, 1.807) is 12.4 Å². The molecule has 5 heteroatoms. The molecule has 1 amide bonds. The van der Waals surface area contributed by atoms with Gasteiger partial charge in [0.1, 0.15) is 0 Å². The zero-order valence-electron chi connectivity index (χ0n) is 13.9. The van der Waals surface area contributed by atoms with E-state index in [0.717, 1.165) is 42.8 Å². The fourth-order valence-corrected chi connectivity index (χ4v) is 3.54. The van der Waals surface area contributed by atoms with E-state index in [4.69, 9.17) is 0 Å². The SMILES string of the molecule is Cc1n[nH]c(C)c1[C@@H]1CCCCCN1C(=O)Cc1cccnc1. The largest absolute Gasteiger partial charge is 0.335 e. The van der Waals surface area contributed by atoms with Gasteiger partial charge >= 0.3 is 0 Å². The van der Waals surface area contributed by atoms with Gasteiger partial charge < -0.3 is 4.90 Å². The minimum absolute atomic E-state index is 0.139. The van der Waals surface area contributed by atoms with Gasteiger partial charge in [-0.3, -0.25) is 14.9 Å². The lowest BCUT2D eigenvalue weighted by atomic mass is 9.98. The van der Waals surface area contributed by atoms with E-state index in [2.05, 4.69) is 20.1 Å². The van der Waals surface area contributed by atoms with Crippen molar-refractivity contribution in [2.45, 2.75) is 52.0 Å².